The standard InChI is InChI=1S/C17H18ClN2O2.HI/c1-19-12-20(17-8-3-2-7-16(17)19)10-14(21)11-22-15-6-4-5-13(18)9-15;/h2-9,12,14,21H,10-11H2,1H3;1H/q+1;/p-1. The third kappa shape index (κ3) is 4.37. The fourth-order valence-corrected chi connectivity index (χ4v) is 2.69. The Bertz CT molecular complexity index is 791. The number of para-hydroxylation sites is 2. The summed E-state index contributed by atoms with van der Waals surface area (Å²) in [4.78, 5) is 0. The second kappa shape index (κ2) is 7.99. The molecule has 1 unspecified atom stereocenters. The predicted molar refractivity (Wildman–Crippen MR) is 86.1 cm³/mol. The molecule has 4 nitrogen and oxygen atoms in total. The molecule has 0 aliphatic rings. The number of imidazole rings is 1. The average Bonchev–Trinajstić information content (AvgIpc) is 2.82. The van der Waals surface area contributed by atoms with Crippen LogP contribution in [0.5, 0.6) is 5.75 Å². The van der Waals surface area contributed by atoms with Crippen LogP contribution in [0.15, 0.2) is 54.9 Å². The van der Waals surface area contributed by atoms with Crippen LogP contribution in [0.4, 0.5) is 0 Å². The third-order valence-electron chi connectivity index (χ3n) is 3.53. The van der Waals surface area contributed by atoms with E-state index in [0.717, 1.165) is 11.0 Å². The first kappa shape index (κ1) is 18.0. The van der Waals surface area contributed by atoms with Gasteiger partial charge < -0.3 is 33.8 Å². The minimum Gasteiger partial charge on any atom is -1.00 e. The summed E-state index contributed by atoms with van der Waals surface area (Å²) in [5, 5.41) is 10.8. The van der Waals surface area contributed by atoms with E-state index in [2.05, 4.69) is 6.07 Å². The van der Waals surface area contributed by atoms with Gasteiger partial charge in [-0.05, 0) is 30.3 Å². The number of rotatable bonds is 5. The number of halogens is 2. The van der Waals surface area contributed by atoms with Crippen molar-refractivity contribution in [2.75, 3.05) is 6.61 Å². The maximum Gasteiger partial charge on any atom is 0.244 e. The van der Waals surface area contributed by atoms with Gasteiger partial charge in [0.05, 0.1) is 7.05 Å². The van der Waals surface area contributed by atoms with E-state index in [1.165, 1.54) is 0 Å². The minimum atomic E-state index is -0.602. The molecule has 122 valence electrons. The van der Waals surface area contributed by atoms with Crippen LogP contribution in [-0.4, -0.2) is 22.4 Å². The zero-order chi connectivity index (χ0) is 15.5. The Labute approximate surface area is 157 Å². The van der Waals surface area contributed by atoms with Crippen molar-refractivity contribution in [2.45, 2.75) is 12.6 Å². The first-order valence-electron chi connectivity index (χ1n) is 7.13. The highest BCUT2D eigenvalue weighted by Gasteiger charge is 2.16. The molecule has 0 bridgehead atoms. The molecule has 0 spiro atoms. The Kier molecular flexibility index (Phi) is 6.26. The molecule has 3 rings (SSSR count). The third-order valence-corrected chi connectivity index (χ3v) is 3.76. The highest BCUT2D eigenvalue weighted by Crippen LogP contribution is 2.17. The van der Waals surface area contributed by atoms with Gasteiger partial charge in [-0.2, -0.15) is 0 Å². The van der Waals surface area contributed by atoms with Crippen molar-refractivity contribution < 1.29 is 38.4 Å². The number of nitrogens with zero attached hydrogens (tertiary/aromatic N) is 2. The zero-order valence-corrected chi connectivity index (χ0v) is 15.6. The smallest absolute Gasteiger partial charge is 0.244 e. The van der Waals surface area contributed by atoms with Crippen LogP contribution >= 0.6 is 11.6 Å². The Morgan fingerprint density at radius 2 is 2.00 bits per heavy atom. The van der Waals surface area contributed by atoms with Crippen LogP contribution < -0.4 is 33.3 Å². The molecule has 0 radical (unpaired) electrons. The van der Waals surface area contributed by atoms with Gasteiger partial charge in [-0.3, -0.25) is 0 Å². The summed E-state index contributed by atoms with van der Waals surface area (Å²) < 4.78 is 9.66. The second-order valence-corrected chi connectivity index (χ2v) is 5.73. The van der Waals surface area contributed by atoms with Gasteiger partial charge in [0.25, 0.3) is 0 Å². The van der Waals surface area contributed by atoms with Crippen molar-refractivity contribution in [2.24, 2.45) is 7.05 Å². The largest absolute Gasteiger partial charge is 1.00 e. The molecule has 0 saturated heterocycles. The minimum absolute atomic E-state index is 0. The topological polar surface area (TPSA) is 38.3 Å². The fourth-order valence-electron chi connectivity index (χ4n) is 2.51. The van der Waals surface area contributed by atoms with Crippen molar-refractivity contribution in [3.05, 3.63) is 59.9 Å². The number of hydrogen-bond acceptors (Lipinski definition) is 2. The van der Waals surface area contributed by atoms with Crippen LogP contribution in [-0.2, 0) is 13.6 Å². The first-order valence-corrected chi connectivity index (χ1v) is 7.51. The van der Waals surface area contributed by atoms with Crippen molar-refractivity contribution in [1.82, 2.24) is 4.57 Å². The Balaban J connectivity index is 0.00000192. The lowest BCUT2D eigenvalue weighted by Gasteiger charge is -2.11. The van der Waals surface area contributed by atoms with Crippen molar-refractivity contribution >= 4 is 22.6 Å². The molecule has 6 heteroatoms. The summed E-state index contributed by atoms with van der Waals surface area (Å²) in [6.45, 7) is 0.693. The van der Waals surface area contributed by atoms with Crippen LogP contribution in [0.3, 0.4) is 0 Å². The number of fused-ring (bicyclic) bond motifs is 1. The van der Waals surface area contributed by atoms with Gasteiger partial charge >= 0.3 is 0 Å². The molecule has 1 atom stereocenters. The lowest BCUT2D eigenvalue weighted by molar-refractivity contribution is -0.645. The van der Waals surface area contributed by atoms with Gasteiger partial charge in [0, 0.05) is 5.02 Å². The van der Waals surface area contributed by atoms with E-state index in [1.807, 2.05) is 52.8 Å². The normalized spacial score (nSPS) is 12.0. The van der Waals surface area contributed by atoms with Gasteiger partial charge in [0.2, 0.25) is 6.33 Å². The molecule has 3 aromatic rings. The quantitative estimate of drug-likeness (QED) is 0.428. The zero-order valence-electron chi connectivity index (χ0n) is 12.7. The predicted octanol–water partition coefficient (Wildman–Crippen LogP) is -0.437. The molecule has 23 heavy (non-hydrogen) atoms. The van der Waals surface area contributed by atoms with Crippen LogP contribution in [0.1, 0.15) is 0 Å². The molecule has 2 aromatic carbocycles. The van der Waals surface area contributed by atoms with E-state index in [4.69, 9.17) is 16.3 Å². The van der Waals surface area contributed by atoms with Crippen LogP contribution in [0.2, 0.25) is 5.02 Å². The van der Waals surface area contributed by atoms with Crippen molar-refractivity contribution in [3.63, 3.8) is 0 Å². The Hall–Kier alpha value is -1.31. The average molecular weight is 445 g/mol. The lowest BCUT2D eigenvalue weighted by atomic mass is 10.3. The van der Waals surface area contributed by atoms with Crippen LogP contribution in [0.25, 0.3) is 11.0 Å². The molecule has 1 N–H and O–H groups in total. The highest BCUT2D eigenvalue weighted by atomic mass is 127. The lowest BCUT2D eigenvalue weighted by Crippen LogP contribution is -3.00. The molecule has 0 aliphatic heterocycles. The number of benzene rings is 2. The van der Waals surface area contributed by atoms with Crippen molar-refractivity contribution in [1.29, 1.82) is 0 Å². The Morgan fingerprint density at radius 1 is 1.22 bits per heavy atom. The van der Waals surface area contributed by atoms with Gasteiger partial charge in [0.1, 0.15) is 25.0 Å². The monoisotopic (exact) mass is 444 g/mol. The summed E-state index contributed by atoms with van der Waals surface area (Å²) in [6, 6.07) is 15.3. The number of hydrogen-bond donors (Lipinski definition) is 1. The Morgan fingerprint density at radius 3 is 2.78 bits per heavy atom. The molecule has 0 amide bonds. The van der Waals surface area contributed by atoms with E-state index >= 15 is 0 Å². The molecule has 1 aromatic heterocycles. The van der Waals surface area contributed by atoms with Gasteiger partial charge in [-0.15, -0.1) is 0 Å². The molecule has 1 heterocycles. The van der Waals surface area contributed by atoms with E-state index in [-0.39, 0.29) is 30.6 Å². The highest BCUT2D eigenvalue weighted by molar-refractivity contribution is 6.30. The van der Waals surface area contributed by atoms with Gasteiger partial charge in [-0.25, -0.2) is 9.13 Å². The van der Waals surface area contributed by atoms with E-state index in [0.29, 0.717) is 17.3 Å². The fraction of sp³-hybridized carbons (Fsp3) is 0.235. The summed E-state index contributed by atoms with van der Waals surface area (Å²) in [5.41, 5.74) is 2.22. The number of aliphatic hydroxyl groups excluding tert-OH is 1. The number of aryl methyl sites for hydroxylation is 1. The van der Waals surface area contributed by atoms with E-state index in [9.17, 15) is 5.11 Å². The van der Waals surface area contributed by atoms with Crippen molar-refractivity contribution in [3.8, 4) is 5.75 Å². The number of ether oxygens (including phenoxy) is 1. The summed E-state index contributed by atoms with van der Waals surface area (Å²) in [5.74, 6) is 0.662. The summed E-state index contributed by atoms with van der Waals surface area (Å²) >= 11 is 5.91. The maximum atomic E-state index is 10.2. The first-order chi connectivity index (χ1) is 10.6. The number of aliphatic hydroxyl groups is 1. The second-order valence-electron chi connectivity index (χ2n) is 5.29. The molecule has 0 saturated carbocycles. The summed E-state index contributed by atoms with van der Waals surface area (Å²) in [7, 11) is 1.99. The summed E-state index contributed by atoms with van der Waals surface area (Å²) in [6.07, 6.45) is 1.38. The molecular weight excluding hydrogens is 427 g/mol. The molecule has 0 aliphatic carbocycles. The SMILES string of the molecule is C[n+]1cn(CC(O)COc2cccc(Cl)c2)c2ccccc21.[I-]. The van der Waals surface area contributed by atoms with E-state index in [1.54, 1.807) is 12.1 Å². The maximum absolute atomic E-state index is 10.2. The van der Waals surface area contributed by atoms with Gasteiger partial charge in [0.15, 0.2) is 11.0 Å². The van der Waals surface area contributed by atoms with Crippen LogP contribution in [0, 0.1) is 0 Å². The van der Waals surface area contributed by atoms with E-state index < -0.39 is 6.10 Å². The molecular formula is C17H18ClIN2O2. The number of aromatic nitrogens is 2. The van der Waals surface area contributed by atoms with Gasteiger partial charge in [-0.1, -0.05) is 29.8 Å². The molecule has 0 fully saturated rings.